The molecule has 2 nitrogen and oxygen atoms in total. The van der Waals surface area contributed by atoms with Gasteiger partial charge in [-0.15, -0.1) is 11.3 Å². The lowest BCUT2D eigenvalue weighted by Gasteiger charge is -1.98. The monoisotopic (exact) mass is 171 g/mol. The number of hydrogen-bond donors (Lipinski definition) is 0. The van der Waals surface area contributed by atoms with E-state index in [9.17, 15) is 5.11 Å². The first-order valence-corrected chi connectivity index (χ1v) is 4.49. The summed E-state index contributed by atoms with van der Waals surface area (Å²) in [6.07, 6.45) is 0.928. The van der Waals surface area contributed by atoms with Crippen LogP contribution in [-0.4, -0.2) is 19.8 Å². The fraction of sp³-hybridized carbons (Fsp3) is 0.500. The molecule has 0 spiro atoms. The number of rotatable bonds is 5. The highest BCUT2D eigenvalue weighted by atomic mass is 32.1. The maximum absolute atomic E-state index is 9.97. The molecule has 1 heterocycles. The first kappa shape index (κ1) is 8.71. The van der Waals surface area contributed by atoms with Crippen molar-refractivity contribution in [2.75, 3.05) is 19.8 Å². The third-order valence-corrected chi connectivity index (χ3v) is 2.24. The van der Waals surface area contributed by atoms with E-state index in [1.54, 1.807) is 11.3 Å². The van der Waals surface area contributed by atoms with Crippen molar-refractivity contribution in [2.45, 2.75) is 6.42 Å². The summed E-state index contributed by atoms with van der Waals surface area (Å²) >= 11 is 1.72. The molecular weight excluding hydrogens is 160 g/mol. The van der Waals surface area contributed by atoms with Gasteiger partial charge in [0.2, 0.25) is 0 Å². The van der Waals surface area contributed by atoms with Crippen LogP contribution in [0, 0.1) is 0 Å². The van der Waals surface area contributed by atoms with Crippen LogP contribution in [0.4, 0.5) is 0 Å². The Bertz CT molecular complexity index is 172. The molecule has 0 N–H and O–H groups in total. The fourth-order valence-electron chi connectivity index (χ4n) is 0.789. The maximum atomic E-state index is 9.97. The van der Waals surface area contributed by atoms with Gasteiger partial charge in [0.25, 0.3) is 0 Å². The van der Waals surface area contributed by atoms with Crippen LogP contribution in [0.5, 0.6) is 0 Å². The zero-order valence-electron chi connectivity index (χ0n) is 6.29. The van der Waals surface area contributed by atoms with Gasteiger partial charge in [-0.3, -0.25) is 0 Å². The predicted molar refractivity (Wildman–Crippen MR) is 44.4 cm³/mol. The largest absolute Gasteiger partial charge is 0.379 e. The summed E-state index contributed by atoms with van der Waals surface area (Å²) in [5.41, 5.74) is 0. The van der Waals surface area contributed by atoms with Gasteiger partial charge in [-0.2, -0.15) is 0 Å². The quantitative estimate of drug-likeness (QED) is 0.620. The molecule has 1 radical (unpaired) electrons. The summed E-state index contributed by atoms with van der Waals surface area (Å²) < 4.78 is 5.05. The van der Waals surface area contributed by atoms with E-state index in [1.165, 1.54) is 4.88 Å². The molecular formula is C8H11O2S. The van der Waals surface area contributed by atoms with Gasteiger partial charge < -0.3 is 4.74 Å². The highest BCUT2D eigenvalue weighted by Gasteiger charge is 1.92. The topological polar surface area (TPSA) is 29.1 Å². The van der Waals surface area contributed by atoms with Gasteiger partial charge in [0.05, 0.1) is 13.2 Å². The second-order valence-corrected chi connectivity index (χ2v) is 3.18. The zero-order valence-corrected chi connectivity index (χ0v) is 7.10. The Hall–Kier alpha value is -0.380. The van der Waals surface area contributed by atoms with Gasteiger partial charge >= 0.3 is 0 Å². The molecule has 0 fully saturated rings. The second kappa shape index (κ2) is 5.29. The molecule has 0 unspecified atom stereocenters. The fourth-order valence-corrected chi connectivity index (χ4v) is 1.48. The third kappa shape index (κ3) is 3.51. The van der Waals surface area contributed by atoms with Crippen molar-refractivity contribution in [3.8, 4) is 0 Å². The molecule has 1 aromatic rings. The second-order valence-electron chi connectivity index (χ2n) is 2.15. The van der Waals surface area contributed by atoms with Crippen molar-refractivity contribution < 1.29 is 9.84 Å². The lowest BCUT2D eigenvalue weighted by molar-refractivity contribution is 0.0656. The number of ether oxygens (including phenoxy) is 1. The van der Waals surface area contributed by atoms with Crippen molar-refractivity contribution >= 4 is 11.3 Å². The van der Waals surface area contributed by atoms with Crippen LogP contribution in [0.15, 0.2) is 17.5 Å². The van der Waals surface area contributed by atoms with E-state index in [0.29, 0.717) is 13.2 Å². The molecule has 1 rings (SSSR count). The lowest BCUT2D eigenvalue weighted by atomic mass is 10.4. The highest BCUT2D eigenvalue weighted by molar-refractivity contribution is 7.09. The highest BCUT2D eigenvalue weighted by Crippen LogP contribution is 2.08. The van der Waals surface area contributed by atoms with Crippen molar-refractivity contribution in [3.05, 3.63) is 22.4 Å². The predicted octanol–water partition coefficient (Wildman–Crippen LogP) is 1.74. The lowest BCUT2D eigenvalue weighted by Crippen LogP contribution is -2.01. The molecule has 1 aromatic heterocycles. The summed E-state index contributed by atoms with van der Waals surface area (Å²) in [6, 6.07) is 4.10. The molecule has 3 heteroatoms. The molecule has 0 aliphatic heterocycles. The summed E-state index contributed by atoms with van der Waals surface area (Å²) in [6.45, 7) is 0.874. The van der Waals surface area contributed by atoms with Gasteiger partial charge in [0.15, 0.2) is 0 Å². The van der Waals surface area contributed by atoms with E-state index in [-0.39, 0.29) is 6.61 Å². The molecule has 61 valence electrons. The number of hydrogen-bond acceptors (Lipinski definition) is 2. The van der Waals surface area contributed by atoms with E-state index < -0.39 is 0 Å². The van der Waals surface area contributed by atoms with E-state index in [1.807, 2.05) is 11.4 Å². The van der Waals surface area contributed by atoms with Gasteiger partial charge in [-0.25, -0.2) is 5.11 Å². The van der Waals surface area contributed by atoms with Crippen molar-refractivity contribution in [1.82, 2.24) is 0 Å². The van der Waals surface area contributed by atoms with Gasteiger partial charge in [0.1, 0.15) is 6.61 Å². The van der Waals surface area contributed by atoms with Gasteiger partial charge in [-0.1, -0.05) is 6.07 Å². The van der Waals surface area contributed by atoms with Crippen LogP contribution in [0.25, 0.3) is 0 Å². The Morgan fingerprint density at radius 3 is 3.00 bits per heavy atom. The molecule has 0 aromatic carbocycles. The van der Waals surface area contributed by atoms with E-state index >= 15 is 0 Å². The normalized spacial score (nSPS) is 10.3. The summed E-state index contributed by atoms with van der Waals surface area (Å²) in [5, 5.41) is 12.0. The standard InChI is InChI=1S/C8H11O2S/c9-4-6-10-5-3-8-2-1-7-11-8/h1-2,7H,3-6H2. The molecule has 0 aliphatic carbocycles. The molecule has 0 saturated heterocycles. The summed E-state index contributed by atoms with van der Waals surface area (Å²) in [5.74, 6) is 0. The minimum absolute atomic E-state index is 0.134. The Morgan fingerprint density at radius 2 is 2.36 bits per heavy atom. The summed E-state index contributed by atoms with van der Waals surface area (Å²) in [4.78, 5) is 1.32. The smallest absolute Gasteiger partial charge is 0.106 e. The van der Waals surface area contributed by atoms with Crippen LogP contribution in [0.3, 0.4) is 0 Å². The molecule has 0 bridgehead atoms. The molecule has 11 heavy (non-hydrogen) atoms. The third-order valence-electron chi connectivity index (χ3n) is 1.30. The minimum atomic E-state index is -0.134. The van der Waals surface area contributed by atoms with E-state index in [4.69, 9.17) is 4.74 Å². The summed E-state index contributed by atoms with van der Waals surface area (Å²) in [7, 11) is 0. The van der Waals surface area contributed by atoms with Crippen molar-refractivity contribution in [3.63, 3.8) is 0 Å². The van der Waals surface area contributed by atoms with Crippen LogP contribution < -0.4 is 0 Å². The van der Waals surface area contributed by atoms with Crippen molar-refractivity contribution in [2.24, 2.45) is 0 Å². The van der Waals surface area contributed by atoms with Crippen LogP contribution in [0.1, 0.15) is 4.88 Å². The number of thiophene rings is 1. The van der Waals surface area contributed by atoms with Crippen LogP contribution in [-0.2, 0) is 16.3 Å². The first-order valence-electron chi connectivity index (χ1n) is 3.61. The van der Waals surface area contributed by atoms with Gasteiger partial charge in [-0.05, 0) is 11.4 Å². The maximum Gasteiger partial charge on any atom is 0.106 e. The Balaban J connectivity index is 2.04. The van der Waals surface area contributed by atoms with Crippen LogP contribution in [0.2, 0.25) is 0 Å². The minimum Gasteiger partial charge on any atom is -0.379 e. The van der Waals surface area contributed by atoms with Crippen molar-refractivity contribution in [1.29, 1.82) is 0 Å². The Labute approximate surface area is 70.4 Å². The molecule has 0 atom stereocenters. The first-order chi connectivity index (χ1) is 5.43. The van der Waals surface area contributed by atoms with E-state index in [0.717, 1.165) is 6.42 Å². The molecule has 0 aliphatic rings. The SMILES string of the molecule is [O]CCOCCc1cccs1. The zero-order chi connectivity index (χ0) is 7.94. The molecule has 0 saturated carbocycles. The Kier molecular flexibility index (Phi) is 4.19. The molecule has 0 amide bonds. The Morgan fingerprint density at radius 1 is 1.45 bits per heavy atom. The average molecular weight is 171 g/mol. The van der Waals surface area contributed by atoms with E-state index in [2.05, 4.69) is 6.07 Å². The average Bonchev–Trinajstić information content (AvgIpc) is 2.50. The van der Waals surface area contributed by atoms with Gasteiger partial charge in [0, 0.05) is 11.3 Å². The van der Waals surface area contributed by atoms with Crippen LogP contribution >= 0.6 is 11.3 Å².